The van der Waals surface area contributed by atoms with E-state index in [9.17, 15) is 8.42 Å². The van der Waals surface area contributed by atoms with Gasteiger partial charge in [0, 0.05) is 5.39 Å². The summed E-state index contributed by atoms with van der Waals surface area (Å²) in [6.45, 7) is 0. The highest BCUT2D eigenvalue weighted by molar-refractivity contribution is 14.1. The van der Waals surface area contributed by atoms with Crippen molar-refractivity contribution in [2.75, 3.05) is 0 Å². The van der Waals surface area contributed by atoms with Crippen molar-refractivity contribution in [3.8, 4) is 0 Å². The van der Waals surface area contributed by atoms with Gasteiger partial charge in [0.2, 0.25) is 0 Å². The number of halogens is 2. The molecule has 0 N–H and O–H groups in total. The zero-order chi connectivity index (χ0) is 14.3. The fourth-order valence-corrected chi connectivity index (χ4v) is 4.78. The van der Waals surface area contributed by atoms with Gasteiger partial charge in [-0.25, -0.2) is 17.4 Å². The van der Waals surface area contributed by atoms with Crippen LogP contribution in [0, 0.1) is 3.70 Å². The molecule has 0 saturated carbocycles. The highest BCUT2D eigenvalue weighted by atomic mass is 127. The maximum atomic E-state index is 12.7. The van der Waals surface area contributed by atoms with E-state index in [-0.39, 0.29) is 10.0 Å². The Morgan fingerprint density at radius 1 is 1.10 bits per heavy atom. The lowest BCUT2D eigenvalue weighted by Gasteiger charge is -2.08. The molecule has 102 valence electrons. The van der Waals surface area contributed by atoms with Crippen LogP contribution in [0.3, 0.4) is 0 Å². The average molecular weight is 419 g/mol. The van der Waals surface area contributed by atoms with Crippen LogP contribution in [0.1, 0.15) is 0 Å². The van der Waals surface area contributed by atoms with Crippen LogP contribution in [-0.2, 0) is 10.0 Å². The van der Waals surface area contributed by atoms with Crippen molar-refractivity contribution in [2.45, 2.75) is 4.90 Å². The molecule has 0 radical (unpaired) electrons. The van der Waals surface area contributed by atoms with Gasteiger partial charge in [-0.1, -0.05) is 29.8 Å². The Labute approximate surface area is 134 Å². The molecule has 2 aromatic heterocycles. The van der Waals surface area contributed by atoms with Crippen LogP contribution >= 0.6 is 34.2 Å². The third kappa shape index (κ3) is 2.21. The van der Waals surface area contributed by atoms with Crippen molar-refractivity contribution >= 4 is 55.2 Å². The van der Waals surface area contributed by atoms with Crippen LogP contribution < -0.4 is 0 Å². The largest absolute Gasteiger partial charge is 0.270 e. The first-order valence-corrected chi connectivity index (χ1v) is 8.54. The van der Waals surface area contributed by atoms with E-state index < -0.39 is 10.0 Å². The van der Waals surface area contributed by atoms with Gasteiger partial charge >= 0.3 is 0 Å². The van der Waals surface area contributed by atoms with Crippen molar-refractivity contribution in [1.82, 2.24) is 8.96 Å². The van der Waals surface area contributed by atoms with Gasteiger partial charge < -0.3 is 0 Å². The lowest BCUT2D eigenvalue weighted by Crippen LogP contribution is -2.14. The van der Waals surface area contributed by atoms with E-state index in [0.29, 0.717) is 9.35 Å². The van der Waals surface area contributed by atoms with Crippen LogP contribution in [0.4, 0.5) is 0 Å². The molecule has 7 heteroatoms. The summed E-state index contributed by atoms with van der Waals surface area (Å²) in [5, 5.41) is 0.995. The molecule has 4 nitrogen and oxygen atoms in total. The highest BCUT2D eigenvalue weighted by Gasteiger charge is 2.22. The Kier molecular flexibility index (Phi) is 3.47. The van der Waals surface area contributed by atoms with Gasteiger partial charge in [-0.15, -0.1) is 0 Å². The van der Waals surface area contributed by atoms with Crippen molar-refractivity contribution in [2.24, 2.45) is 0 Å². The van der Waals surface area contributed by atoms with Crippen LogP contribution in [0.15, 0.2) is 53.4 Å². The molecule has 0 bridgehead atoms. The lowest BCUT2D eigenvalue weighted by molar-refractivity contribution is 0.588. The number of rotatable bonds is 2. The maximum absolute atomic E-state index is 12.7. The summed E-state index contributed by atoms with van der Waals surface area (Å²) < 4.78 is 27.2. The Morgan fingerprint density at radius 2 is 1.80 bits per heavy atom. The van der Waals surface area contributed by atoms with Crippen LogP contribution in [-0.4, -0.2) is 17.4 Å². The van der Waals surface area contributed by atoms with E-state index in [4.69, 9.17) is 11.6 Å². The standard InChI is InChI=1S/C13H8ClIN2O2S/c14-11-7-6-9-8-12(15)17(13(9)16-11)20(18,19)10-4-2-1-3-5-10/h1-8H. The Balaban J connectivity index is 2.35. The first-order chi connectivity index (χ1) is 9.50. The summed E-state index contributed by atoms with van der Waals surface area (Å²) in [7, 11) is -3.68. The van der Waals surface area contributed by atoms with Crippen molar-refractivity contribution in [3.63, 3.8) is 0 Å². The van der Waals surface area contributed by atoms with Crippen LogP contribution in [0.25, 0.3) is 11.0 Å². The van der Waals surface area contributed by atoms with Crippen molar-refractivity contribution in [1.29, 1.82) is 0 Å². The van der Waals surface area contributed by atoms with Gasteiger partial charge in [-0.2, -0.15) is 0 Å². The molecule has 0 fully saturated rings. The smallest absolute Gasteiger partial charge is 0.217 e. The van der Waals surface area contributed by atoms with Gasteiger partial charge in [-0.3, -0.25) is 0 Å². The molecule has 0 saturated heterocycles. The second-order valence-corrected chi connectivity index (χ2v) is 7.38. The number of pyridine rings is 1. The molecule has 1 aromatic carbocycles. The summed E-state index contributed by atoms with van der Waals surface area (Å²) in [4.78, 5) is 4.35. The zero-order valence-corrected chi connectivity index (χ0v) is 13.7. The van der Waals surface area contributed by atoms with Crippen LogP contribution in [0.2, 0.25) is 5.15 Å². The molecular weight excluding hydrogens is 411 g/mol. The average Bonchev–Trinajstić information content (AvgIpc) is 2.75. The second-order valence-electron chi connectivity index (χ2n) is 4.10. The third-order valence-electron chi connectivity index (χ3n) is 2.81. The molecule has 2 heterocycles. The normalized spacial score (nSPS) is 11.9. The molecule has 0 aliphatic rings. The summed E-state index contributed by atoms with van der Waals surface area (Å²) >= 11 is 7.85. The number of nitrogens with zero attached hydrogens (tertiary/aromatic N) is 2. The van der Waals surface area contributed by atoms with Gasteiger partial charge in [0.25, 0.3) is 10.0 Å². The summed E-state index contributed by atoms with van der Waals surface area (Å²) in [5.74, 6) is 0. The first kappa shape index (κ1) is 13.8. The Morgan fingerprint density at radius 3 is 2.50 bits per heavy atom. The quantitative estimate of drug-likeness (QED) is 0.473. The fraction of sp³-hybridized carbons (Fsp3) is 0. The Bertz CT molecular complexity index is 891. The molecule has 3 rings (SSSR count). The third-order valence-corrected chi connectivity index (χ3v) is 5.86. The van der Waals surface area contributed by atoms with E-state index in [1.807, 2.05) is 22.6 Å². The van der Waals surface area contributed by atoms with Gasteiger partial charge in [-0.05, 0) is 52.9 Å². The molecule has 0 spiro atoms. The van der Waals surface area contributed by atoms with E-state index in [2.05, 4.69) is 4.98 Å². The van der Waals surface area contributed by atoms with Gasteiger partial charge in [0.05, 0.1) is 8.60 Å². The maximum Gasteiger partial charge on any atom is 0.270 e. The molecule has 20 heavy (non-hydrogen) atoms. The monoisotopic (exact) mass is 418 g/mol. The summed E-state index contributed by atoms with van der Waals surface area (Å²) in [5.41, 5.74) is 0.339. The zero-order valence-electron chi connectivity index (χ0n) is 9.99. The van der Waals surface area contributed by atoms with E-state index >= 15 is 0 Å². The van der Waals surface area contributed by atoms with E-state index in [1.165, 1.54) is 3.97 Å². The van der Waals surface area contributed by atoms with E-state index in [0.717, 1.165) is 5.39 Å². The lowest BCUT2D eigenvalue weighted by atomic mass is 10.3. The molecule has 0 amide bonds. The molecule has 3 aromatic rings. The minimum atomic E-state index is -3.68. The van der Waals surface area contributed by atoms with Gasteiger partial charge in [0.1, 0.15) is 5.15 Å². The molecule has 0 atom stereocenters. The molecule has 0 aliphatic carbocycles. The predicted molar refractivity (Wildman–Crippen MR) is 86.5 cm³/mol. The fourth-order valence-electron chi connectivity index (χ4n) is 1.93. The molecule has 0 unspecified atom stereocenters. The number of aromatic nitrogens is 2. The van der Waals surface area contributed by atoms with Crippen molar-refractivity contribution < 1.29 is 8.42 Å². The minimum absolute atomic E-state index is 0.220. The van der Waals surface area contributed by atoms with Crippen molar-refractivity contribution in [3.05, 3.63) is 57.4 Å². The van der Waals surface area contributed by atoms with Crippen LogP contribution in [0.5, 0.6) is 0 Å². The summed E-state index contributed by atoms with van der Waals surface area (Å²) in [6.07, 6.45) is 0. The number of benzene rings is 1. The SMILES string of the molecule is O=S(=O)(c1ccccc1)n1c(I)cc2ccc(Cl)nc21. The predicted octanol–water partition coefficient (Wildman–Crippen LogP) is 3.53. The van der Waals surface area contributed by atoms with E-state index in [1.54, 1.807) is 48.5 Å². The number of hydrogen-bond acceptors (Lipinski definition) is 3. The number of fused-ring (bicyclic) bond motifs is 1. The minimum Gasteiger partial charge on any atom is -0.217 e. The molecule has 0 aliphatic heterocycles. The van der Waals surface area contributed by atoms with Gasteiger partial charge in [0.15, 0.2) is 5.65 Å². The first-order valence-electron chi connectivity index (χ1n) is 5.64. The topological polar surface area (TPSA) is 52.0 Å². The second kappa shape index (κ2) is 5.01. The Hall–Kier alpha value is -1.12. The number of hydrogen-bond donors (Lipinski definition) is 0. The summed E-state index contributed by atoms with van der Waals surface area (Å²) in [6, 6.07) is 13.4. The highest BCUT2D eigenvalue weighted by Crippen LogP contribution is 2.26. The molecular formula is C13H8ClIN2O2S.